The van der Waals surface area contributed by atoms with E-state index < -0.39 is 0 Å². The summed E-state index contributed by atoms with van der Waals surface area (Å²) in [6.07, 6.45) is 3.72. The minimum Gasteiger partial charge on any atom is -0.353 e. The number of halogens is 1. The topological polar surface area (TPSA) is 32.3 Å². The van der Waals surface area contributed by atoms with Crippen molar-refractivity contribution in [1.82, 2.24) is 9.97 Å². The Balaban J connectivity index is 1.70. The van der Waals surface area contributed by atoms with Crippen LogP contribution in [0.2, 0.25) is 0 Å². The molecule has 0 amide bonds. The quantitative estimate of drug-likeness (QED) is 0.809. The number of piperazine rings is 1. The highest BCUT2D eigenvalue weighted by atomic mass is 79.9. The molecular formula is C15H17BrN4. The van der Waals surface area contributed by atoms with Crippen molar-refractivity contribution in [2.75, 3.05) is 36.0 Å². The lowest BCUT2D eigenvalue weighted by Gasteiger charge is -2.36. The van der Waals surface area contributed by atoms with E-state index in [0.29, 0.717) is 0 Å². The Labute approximate surface area is 127 Å². The summed E-state index contributed by atoms with van der Waals surface area (Å²) in [4.78, 5) is 13.6. The summed E-state index contributed by atoms with van der Waals surface area (Å²) in [7, 11) is 0. The summed E-state index contributed by atoms with van der Waals surface area (Å²) in [5, 5.41) is 0.844. The van der Waals surface area contributed by atoms with Gasteiger partial charge in [-0.3, -0.25) is 0 Å². The molecule has 0 spiro atoms. The molecule has 104 valence electrons. The van der Waals surface area contributed by atoms with Crippen molar-refractivity contribution in [3.05, 3.63) is 48.3 Å². The van der Waals surface area contributed by atoms with E-state index in [1.165, 1.54) is 5.56 Å². The van der Waals surface area contributed by atoms with Crippen LogP contribution >= 0.6 is 15.9 Å². The SMILES string of the molecule is BrCc1cccnc1N1CCN(c2ccccn2)CC1. The van der Waals surface area contributed by atoms with Crippen molar-refractivity contribution in [2.24, 2.45) is 0 Å². The Morgan fingerprint density at radius 2 is 1.65 bits per heavy atom. The van der Waals surface area contributed by atoms with Gasteiger partial charge in [-0.15, -0.1) is 0 Å². The van der Waals surface area contributed by atoms with Crippen molar-refractivity contribution in [1.29, 1.82) is 0 Å². The third-order valence-corrected chi connectivity index (χ3v) is 4.17. The van der Waals surface area contributed by atoms with E-state index in [4.69, 9.17) is 0 Å². The molecule has 2 aromatic heterocycles. The average Bonchev–Trinajstić information content (AvgIpc) is 2.56. The molecule has 2 aromatic rings. The predicted molar refractivity (Wildman–Crippen MR) is 85.5 cm³/mol. The molecule has 0 N–H and O–H groups in total. The molecule has 1 aliphatic rings. The summed E-state index contributed by atoms with van der Waals surface area (Å²) in [5.41, 5.74) is 1.25. The van der Waals surface area contributed by atoms with Crippen molar-refractivity contribution < 1.29 is 0 Å². The fraction of sp³-hybridized carbons (Fsp3) is 0.333. The van der Waals surface area contributed by atoms with Gasteiger partial charge in [0.25, 0.3) is 0 Å². The van der Waals surface area contributed by atoms with Crippen molar-refractivity contribution in [3.63, 3.8) is 0 Å². The zero-order chi connectivity index (χ0) is 13.8. The van der Waals surface area contributed by atoms with Crippen LogP contribution in [0.3, 0.4) is 0 Å². The molecule has 3 rings (SSSR count). The second-order valence-electron chi connectivity index (χ2n) is 4.78. The fourth-order valence-corrected chi connectivity index (χ4v) is 2.95. The third-order valence-electron chi connectivity index (χ3n) is 3.56. The number of nitrogens with zero attached hydrogens (tertiary/aromatic N) is 4. The van der Waals surface area contributed by atoms with Gasteiger partial charge in [-0.25, -0.2) is 9.97 Å². The fourth-order valence-electron chi connectivity index (χ4n) is 2.51. The lowest BCUT2D eigenvalue weighted by Crippen LogP contribution is -2.47. The first-order chi connectivity index (χ1) is 9.88. The number of anilines is 2. The number of pyridine rings is 2. The van der Waals surface area contributed by atoms with Crippen LogP contribution in [0.15, 0.2) is 42.7 Å². The third kappa shape index (κ3) is 2.77. The van der Waals surface area contributed by atoms with E-state index in [9.17, 15) is 0 Å². The molecule has 1 aliphatic heterocycles. The molecule has 0 unspecified atom stereocenters. The minimum atomic E-state index is 0.844. The van der Waals surface area contributed by atoms with Gasteiger partial charge in [-0.1, -0.05) is 28.1 Å². The van der Waals surface area contributed by atoms with Crippen LogP contribution in [0.1, 0.15) is 5.56 Å². The van der Waals surface area contributed by atoms with Crippen LogP contribution in [-0.4, -0.2) is 36.1 Å². The maximum atomic E-state index is 4.53. The Morgan fingerprint density at radius 3 is 2.35 bits per heavy atom. The first kappa shape index (κ1) is 13.4. The standard InChI is InChI=1S/C15H17BrN4/c16-12-13-4-3-7-18-15(13)20-10-8-19(9-11-20)14-5-1-2-6-17-14/h1-7H,8-12H2. The highest BCUT2D eigenvalue weighted by Gasteiger charge is 2.20. The number of hydrogen-bond donors (Lipinski definition) is 0. The zero-order valence-electron chi connectivity index (χ0n) is 11.2. The van der Waals surface area contributed by atoms with Crippen molar-refractivity contribution >= 4 is 27.6 Å². The summed E-state index contributed by atoms with van der Waals surface area (Å²) < 4.78 is 0. The summed E-state index contributed by atoms with van der Waals surface area (Å²) >= 11 is 3.54. The molecule has 0 saturated carbocycles. The van der Waals surface area contributed by atoms with Gasteiger partial charge in [-0.2, -0.15) is 0 Å². The van der Waals surface area contributed by atoms with E-state index in [1.54, 1.807) is 0 Å². The van der Waals surface area contributed by atoms with Gasteiger partial charge in [0.15, 0.2) is 0 Å². The maximum absolute atomic E-state index is 4.53. The van der Waals surface area contributed by atoms with Gasteiger partial charge in [0.05, 0.1) is 0 Å². The van der Waals surface area contributed by atoms with Crippen LogP contribution in [0, 0.1) is 0 Å². The number of hydrogen-bond acceptors (Lipinski definition) is 4. The van der Waals surface area contributed by atoms with Crippen LogP contribution in [-0.2, 0) is 5.33 Å². The van der Waals surface area contributed by atoms with Gasteiger partial charge in [0.2, 0.25) is 0 Å². The van der Waals surface area contributed by atoms with Crippen LogP contribution < -0.4 is 9.80 Å². The summed E-state index contributed by atoms with van der Waals surface area (Å²) in [6.45, 7) is 3.92. The largest absolute Gasteiger partial charge is 0.353 e. The first-order valence-electron chi connectivity index (χ1n) is 6.79. The predicted octanol–water partition coefficient (Wildman–Crippen LogP) is 2.70. The van der Waals surface area contributed by atoms with Crippen LogP contribution in [0.5, 0.6) is 0 Å². The molecule has 1 saturated heterocycles. The first-order valence-corrected chi connectivity index (χ1v) is 7.91. The van der Waals surface area contributed by atoms with Gasteiger partial charge < -0.3 is 9.80 Å². The van der Waals surface area contributed by atoms with E-state index >= 15 is 0 Å². The van der Waals surface area contributed by atoms with Gasteiger partial charge >= 0.3 is 0 Å². The molecular weight excluding hydrogens is 316 g/mol. The lowest BCUT2D eigenvalue weighted by atomic mass is 10.2. The summed E-state index contributed by atoms with van der Waals surface area (Å²) in [6, 6.07) is 10.2. The molecule has 0 atom stereocenters. The Bertz CT molecular complexity index is 553. The zero-order valence-corrected chi connectivity index (χ0v) is 12.8. The average molecular weight is 333 g/mol. The van der Waals surface area contributed by atoms with E-state index in [0.717, 1.165) is 43.1 Å². The molecule has 1 fully saturated rings. The second-order valence-corrected chi connectivity index (χ2v) is 5.34. The van der Waals surface area contributed by atoms with Crippen molar-refractivity contribution in [2.45, 2.75) is 5.33 Å². The number of aromatic nitrogens is 2. The monoisotopic (exact) mass is 332 g/mol. The van der Waals surface area contributed by atoms with Gasteiger partial charge in [0, 0.05) is 49.5 Å². The Kier molecular flexibility index (Phi) is 4.16. The van der Waals surface area contributed by atoms with Gasteiger partial charge in [0.1, 0.15) is 11.6 Å². The Morgan fingerprint density at radius 1 is 0.900 bits per heavy atom. The van der Waals surface area contributed by atoms with Crippen LogP contribution in [0.4, 0.5) is 11.6 Å². The van der Waals surface area contributed by atoms with Crippen LogP contribution in [0.25, 0.3) is 0 Å². The normalized spacial score (nSPS) is 15.4. The van der Waals surface area contributed by atoms with E-state index in [2.05, 4.69) is 47.8 Å². The molecule has 0 aromatic carbocycles. The molecule has 5 heteroatoms. The number of rotatable bonds is 3. The Hall–Kier alpha value is -1.62. The smallest absolute Gasteiger partial charge is 0.132 e. The lowest BCUT2D eigenvalue weighted by molar-refractivity contribution is 0.640. The highest BCUT2D eigenvalue weighted by molar-refractivity contribution is 9.08. The molecule has 0 bridgehead atoms. The summed E-state index contributed by atoms with van der Waals surface area (Å²) in [5.74, 6) is 2.17. The van der Waals surface area contributed by atoms with E-state index in [1.807, 2.05) is 30.6 Å². The number of alkyl halides is 1. The highest BCUT2D eigenvalue weighted by Crippen LogP contribution is 2.22. The molecule has 4 nitrogen and oxygen atoms in total. The molecule has 0 aliphatic carbocycles. The molecule has 0 radical (unpaired) electrons. The maximum Gasteiger partial charge on any atom is 0.132 e. The van der Waals surface area contributed by atoms with Crippen molar-refractivity contribution in [3.8, 4) is 0 Å². The molecule has 3 heterocycles. The minimum absolute atomic E-state index is 0.844. The molecule has 20 heavy (non-hydrogen) atoms. The second kappa shape index (κ2) is 6.22. The van der Waals surface area contributed by atoms with Gasteiger partial charge in [-0.05, 0) is 18.2 Å². The van der Waals surface area contributed by atoms with E-state index in [-0.39, 0.29) is 0 Å².